The summed E-state index contributed by atoms with van der Waals surface area (Å²) in [4.78, 5) is 52.3. The Kier molecular flexibility index (Phi) is 5.90. The highest BCUT2D eigenvalue weighted by atomic mass is 16.5. The van der Waals surface area contributed by atoms with E-state index in [9.17, 15) is 39.6 Å². The molecule has 0 aliphatic heterocycles. The van der Waals surface area contributed by atoms with Crippen LogP contribution in [0, 0.1) is 17.8 Å². The number of aliphatic hydroxyl groups excluding tert-OH is 2. The molecule has 37 heavy (non-hydrogen) atoms. The van der Waals surface area contributed by atoms with Crippen molar-refractivity contribution in [3.05, 3.63) is 52.0 Å². The van der Waals surface area contributed by atoms with E-state index in [-0.39, 0.29) is 16.9 Å². The van der Waals surface area contributed by atoms with Crippen LogP contribution in [0.5, 0.6) is 5.75 Å². The summed E-state index contributed by atoms with van der Waals surface area (Å²) in [6.07, 6.45) is 2.11. The largest absolute Gasteiger partial charge is 0.511 e. The molecule has 0 aromatic heterocycles. The first-order valence-electron chi connectivity index (χ1n) is 12.5. The molecule has 0 bridgehead atoms. The number of rotatable bonds is 3. The zero-order chi connectivity index (χ0) is 26.8. The van der Waals surface area contributed by atoms with Crippen LogP contribution >= 0.6 is 0 Å². The second-order valence-electron chi connectivity index (χ2n) is 10.5. The van der Waals surface area contributed by atoms with Crippen LogP contribution in [0.3, 0.4) is 0 Å². The fourth-order valence-electron chi connectivity index (χ4n) is 6.65. The minimum Gasteiger partial charge on any atom is -0.511 e. The van der Waals surface area contributed by atoms with Crippen LogP contribution in [0.15, 0.2) is 40.9 Å². The number of benzene rings is 1. The number of aliphatic hydroxyl groups is 3. The number of fused-ring (bicyclic) bond motifs is 3. The van der Waals surface area contributed by atoms with Crippen LogP contribution in [-0.4, -0.2) is 55.6 Å². The van der Waals surface area contributed by atoms with Gasteiger partial charge in [0.2, 0.25) is 5.78 Å². The van der Waals surface area contributed by atoms with Crippen molar-refractivity contribution in [2.24, 2.45) is 23.5 Å². The first-order chi connectivity index (χ1) is 17.5. The molecule has 10 heteroatoms. The normalized spacial score (nSPS) is 31.9. The molecule has 1 fully saturated rings. The Hall–Kier alpha value is -3.66. The molecule has 0 radical (unpaired) electrons. The van der Waals surface area contributed by atoms with E-state index in [4.69, 9.17) is 10.5 Å². The number of amides is 1. The molecule has 1 amide bonds. The second kappa shape index (κ2) is 8.72. The van der Waals surface area contributed by atoms with E-state index in [0.717, 1.165) is 19.3 Å². The number of carbonyl (C=O) groups excluding carboxylic acids is 4. The second-order valence-corrected chi connectivity index (χ2v) is 10.5. The van der Waals surface area contributed by atoms with Crippen molar-refractivity contribution in [3.63, 3.8) is 0 Å². The first kappa shape index (κ1) is 25.0. The fourth-order valence-corrected chi connectivity index (χ4v) is 6.65. The van der Waals surface area contributed by atoms with E-state index >= 15 is 0 Å². The number of nitrogens with two attached hydrogens (primary N) is 1. The Bertz CT molecular complexity index is 1290. The molecule has 1 aromatic carbocycles. The van der Waals surface area contributed by atoms with Gasteiger partial charge in [0.05, 0.1) is 11.5 Å². The molecule has 1 aromatic rings. The highest BCUT2D eigenvalue weighted by Gasteiger charge is 2.65. The predicted octanol–water partition coefficient (Wildman–Crippen LogP) is 2.24. The van der Waals surface area contributed by atoms with Crippen LogP contribution < -0.4 is 5.73 Å². The Morgan fingerprint density at radius 2 is 1.76 bits per heavy atom. The smallest absolute Gasteiger partial charge is 0.309 e. The maximum atomic E-state index is 13.7. The number of ketones is 2. The van der Waals surface area contributed by atoms with Crippen molar-refractivity contribution in [2.75, 3.05) is 0 Å². The van der Waals surface area contributed by atoms with Crippen LogP contribution in [0.1, 0.15) is 67.3 Å². The summed E-state index contributed by atoms with van der Waals surface area (Å²) in [6, 6.07) is 4.51. The number of phenolic OH excluding ortho intramolecular Hbond substituents is 1. The lowest BCUT2D eigenvalue weighted by molar-refractivity contribution is -0.178. The third-order valence-corrected chi connectivity index (χ3v) is 8.52. The number of phenols is 1. The van der Waals surface area contributed by atoms with Crippen molar-refractivity contribution in [1.82, 2.24) is 0 Å². The Labute approximate surface area is 212 Å². The molecular weight excluding hydrogens is 482 g/mol. The van der Waals surface area contributed by atoms with E-state index in [2.05, 4.69) is 0 Å². The average Bonchev–Trinajstić information content (AvgIpc) is 2.86. The number of hydrogen-bond donors (Lipinski definition) is 5. The highest BCUT2D eigenvalue weighted by molar-refractivity contribution is 6.24. The van der Waals surface area contributed by atoms with E-state index in [1.165, 1.54) is 6.07 Å². The Balaban J connectivity index is 1.71. The number of Topliss-reactive ketones (excluding diaryl/α,β-unsaturated/α-hetero) is 2. The fraction of sp³-hybridized carbons (Fsp3) is 0.481. The molecule has 4 aliphatic carbocycles. The Morgan fingerprint density at radius 3 is 2.41 bits per heavy atom. The van der Waals surface area contributed by atoms with Crippen LogP contribution in [0.2, 0.25) is 0 Å². The quantitative estimate of drug-likeness (QED) is 0.300. The van der Waals surface area contributed by atoms with Gasteiger partial charge < -0.3 is 30.9 Å². The minimum atomic E-state index is -2.85. The van der Waals surface area contributed by atoms with Gasteiger partial charge in [-0.15, -0.1) is 0 Å². The number of hydrogen-bond acceptors (Lipinski definition) is 9. The molecule has 0 unspecified atom stereocenters. The van der Waals surface area contributed by atoms with Gasteiger partial charge in [-0.25, -0.2) is 0 Å². The summed E-state index contributed by atoms with van der Waals surface area (Å²) in [7, 11) is 0. The number of aromatic hydroxyl groups is 1. The average molecular weight is 512 g/mol. The van der Waals surface area contributed by atoms with E-state index in [1.54, 1.807) is 19.1 Å². The molecule has 5 atom stereocenters. The summed E-state index contributed by atoms with van der Waals surface area (Å²) in [6.45, 7) is 1.73. The third kappa shape index (κ3) is 3.49. The lowest BCUT2D eigenvalue weighted by Gasteiger charge is -2.51. The molecule has 0 heterocycles. The van der Waals surface area contributed by atoms with Crippen molar-refractivity contribution < 1.29 is 44.3 Å². The summed E-state index contributed by atoms with van der Waals surface area (Å²) < 4.78 is 5.98. The molecule has 6 N–H and O–H groups in total. The first-order valence-corrected chi connectivity index (χ1v) is 12.5. The van der Waals surface area contributed by atoms with Crippen LogP contribution in [0.4, 0.5) is 0 Å². The van der Waals surface area contributed by atoms with Crippen molar-refractivity contribution in [3.8, 4) is 5.75 Å². The maximum Gasteiger partial charge on any atom is 0.309 e. The van der Waals surface area contributed by atoms with Gasteiger partial charge >= 0.3 is 5.97 Å². The lowest BCUT2D eigenvalue weighted by atomic mass is 9.56. The molecular formula is C27H29NO9. The van der Waals surface area contributed by atoms with E-state index in [0.29, 0.717) is 18.4 Å². The van der Waals surface area contributed by atoms with Gasteiger partial charge in [0.1, 0.15) is 28.9 Å². The summed E-state index contributed by atoms with van der Waals surface area (Å²) in [5, 5.41) is 44.1. The number of ether oxygens (including phenoxy) is 1. The van der Waals surface area contributed by atoms with Crippen molar-refractivity contribution >= 4 is 23.4 Å². The third-order valence-electron chi connectivity index (χ3n) is 8.52. The summed E-state index contributed by atoms with van der Waals surface area (Å²) >= 11 is 0. The van der Waals surface area contributed by atoms with Gasteiger partial charge in [-0.1, -0.05) is 38.3 Å². The minimum absolute atomic E-state index is 0.0935. The van der Waals surface area contributed by atoms with Gasteiger partial charge in [0, 0.05) is 23.8 Å². The van der Waals surface area contributed by atoms with Gasteiger partial charge in [-0.3, -0.25) is 19.2 Å². The summed E-state index contributed by atoms with van der Waals surface area (Å²) in [5.74, 6) is -9.46. The molecule has 196 valence electrons. The standard InChI is InChI=1S/C27H29NO9/c1-11-13-8-5-9-15(29)18(13)21(31)20-17(11)22(37-26(35)12-6-3-2-4-7-12)14-10-16(30)19(25(28)34)23(32)27(14,36)24(20)33/h5,8-9,11-12,14,17,22,29-30,33,36H,2-4,6-7,10H2,1H3,(H2,28,34)/t11-,14+,17+,22+,27+/m0/s1. The number of primary amides is 1. The maximum absolute atomic E-state index is 13.7. The predicted molar refractivity (Wildman–Crippen MR) is 127 cm³/mol. The van der Waals surface area contributed by atoms with Gasteiger partial charge in [0.25, 0.3) is 5.91 Å². The molecule has 4 aliphatic rings. The van der Waals surface area contributed by atoms with Crippen LogP contribution in [0.25, 0.3) is 0 Å². The highest BCUT2D eigenvalue weighted by Crippen LogP contribution is 2.55. The van der Waals surface area contributed by atoms with Crippen LogP contribution in [-0.2, 0) is 19.1 Å². The topological polar surface area (TPSA) is 184 Å². The molecule has 1 saturated carbocycles. The van der Waals surface area contributed by atoms with E-state index in [1.807, 2.05) is 0 Å². The zero-order valence-corrected chi connectivity index (χ0v) is 20.3. The van der Waals surface area contributed by atoms with Crippen molar-refractivity contribution in [2.45, 2.75) is 63.1 Å². The number of allylic oxidation sites excluding steroid dienone is 1. The Morgan fingerprint density at radius 1 is 1.08 bits per heavy atom. The zero-order valence-electron chi connectivity index (χ0n) is 20.3. The van der Waals surface area contributed by atoms with Crippen molar-refractivity contribution in [1.29, 1.82) is 0 Å². The van der Waals surface area contributed by atoms with Gasteiger partial charge in [-0.05, 0) is 30.4 Å². The molecule has 0 spiro atoms. The number of carbonyl (C=O) groups is 4. The van der Waals surface area contributed by atoms with Gasteiger partial charge in [0.15, 0.2) is 11.4 Å². The monoisotopic (exact) mass is 511 g/mol. The van der Waals surface area contributed by atoms with E-state index < -0.39 is 82.3 Å². The molecule has 5 rings (SSSR count). The lowest BCUT2D eigenvalue weighted by Crippen LogP contribution is -2.63. The summed E-state index contributed by atoms with van der Waals surface area (Å²) in [5.41, 5.74) is 1.53. The van der Waals surface area contributed by atoms with Gasteiger partial charge in [-0.2, -0.15) is 0 Å². The molecule has 0 saturated heterocycles. The number of esters is 1. The SMILES string of the molecule is C[C@H]1c2cccc(O)c2C(=O)C2=C(O)[C@]3(O)C(=O)C(C(N)=O)=C(O)C[C@@H]3[C@@H](OC(=O)C3CCCCC3)[C@@H]21. The molecule has 10 nitrogen and oxygen atoms in total.